The molecule has 0 aliphatic carbocycles. The highest BCUT2D eigenvalue weighted by atomic mass is 32.1. The van der Waals surface area contributed by atoms with Gasteiger partial charge in [-0.05, 0) is 18.9 Å². The van der Waals surface area contributed by atoms with Gasteiger partial charge in [-0.25, -0.2) is 9.66 Å². The fourth-order valence-electron chi connectivity index (χ4n) is 3.60. The second kappa shape index (κ2) is 7.20. The van der Waals surface area contributed by atoms with Crippen LogP contribution >= 0.6 is 11.3 Å². The second-order valence-electron chi connectivity index (χ2n) is 6.93. The molecule has 3 heterocycles. The van der Waals surface area contributed by atoms with Crippen LogP contribution in [-0.2, 0) is 9.59 Å². The summed E-state index contributed by atoms with van der Waals surface area (Å²) in [6.45, 7) is 4.39. The molecule has 0 radical (unpaired) electrons. The highest BCUT2D eigenvalue weighted by molar-refractivity contribution is 7.19. The molecule has 144 valence electrons. The van der Waals surface area contributed by atoms with Gasteiger partial charge in [0, 0.05) is 30.5 Å². The number of nitrogens with one attached hydrogen (secondary N) is 1. The molecular weight excluding hydrogens is 376 g/mol. The van der Waals surface area contributed by atoms with Gasteiger partial charge in [0.05, 0.1) is 11.3 Å². The van der Waals surface area contributed by atoms with Gasteiger partial charge < -0.3 is 4.90 Å². The average molecular weight is 396 g/mol. The number of nitrogens with zero attached hydrogens (tertiary/aromatic N) is 3. The molecule has 4 rings (SSSR count). The minimum atomic E-state index is -0.329. The normalized spacial score (nSPS) is 16.5. The third-order valence-corrected chi connectivity index (χ3v) is 6.10. The van der Waals surface area contributed by atoms with Crippen molar-refractivity contribution in [2.75, 3.05) is 18.5 Å². The topological polar surface area (TPSA) is 84.3 Å². The zero-order chi connectivity index (χ0) is 19.8. The number of carbonyl (C=O) groups is 2. The molecule has 1 aliphatic rings. The Labute approximate surface area is 165 Å². The Hall–Kier alpha value is -3.00. The van der Waals surface area contributed by atoms with Crippen LogP contribution in [0.3, 0.4) is 0 Å². The number of aryl methyl sites for hydroxylation is 1. The predicted molar refractivity (Wildman–Crippen MR) is 109 cm³/mol. The summed E-state index contributed by atoms with van der Waals surface area (Å²) in [6.07, 6.45) is 1.94. The van der Waals surface area contributed by atoms with Crippen LogP contribution in [0, 0.1) is 12.8 Å². The lowest BCUT2D eigenvalue weighted by Crippen LogP contribution is -2.38. The molecule has 2 amide bonds. The van der Waals surface area contributed by atoms with E-state index in [-0.39, 0.29) is 23.3 Å². The van der Waals surface area contributed by atoms with Crippen LogP contribution in [0.15, 0.2) is 41.5 Å². The van der Waals surface area contributed by atoms with Gasteiger partial charge in [0.15, 0.2) is 0 Å². The van der Waals surface area contributed by atoms with Crippen molar-refractivity contribution < 1.29 is 9.59 Å². The number of benzene rings is 1. The van der Waals surface area contributed by atoms with Crippen molar-refractivity contribution in [3.63, 3.8) is 0 Å². The molecule has 2 aromatic heterocycles. The predicted octanol–water partition coefficient (Wildman–Crippen LogP) is 2.37. The minimum Gasteiger partial charge on any atom is -0.342 e. The molecule has 28 heavy (non-hydrogen) atoms. The maximum Gasteiger partial charge on any atom is 0.281 e. The summed E-state index contributed by atoms with van der Waals surface area (Å²) in [4.78, 5) is 44.9. The van der Waals surface area contributed by atoms with E-state index in [1.165, 1.54) is 24.6 Å². The number of amides is 2. The van der Waals surface area contributed by atoms with Crippen molar-refractivity contribution in [3.05, 3.63) is 51.9 Å². The summed E-state index contributed by atoms with van der Waals surface area (Å²) in [5.41, 5.74) is 4.16. The lowest BCUT2D eigenvalue weighted by atomic mass is 10.0. The van der Waals surface area contributed by atoms with E-state index < -0.39 is 0 Å². The maximum atomic E-state index is 13.1. The highest BCUT2D eigenvalue weighted by Crippen LogP contribution is 2.35. The highest BCUT2D eigenvalue weighted by Gasteiger charge is 2.30. The first-order chi connectivity index (χ1) is 13.5. The molecule has 3 aromatic rings. The largest absolute Gasteiger partial charge is 0.342 e. The van der Waals surface area contributed by atoms with Gasteiger partial charge >= 0.3 is 0 Å². The Morgan fingerprint density at radius 1 is 1.25 bits per heavy atom. The van der Waals surface area contributed by atoms with Gasteiger partial charge in [-0.15, -0.1) is 11.3 Å². The first-order valence-corrected chi connectivity index (χ1v) is 9.90. The van der Waals surface area contributed by atoms with Gasteiger partial charge in [0.2, 0.25) is 11.8 Å². The van der Waals surface area contributed by atoms with E-state index in [1.807, 2.05) is 37.3 Å². The van der Waals surface area contributed by atoms with Crippen LogP contribution in [0.5, 0.6) is 0 Å². The van der Waals surface area contributed by atoms with Crippen LogP contribution in [0.25, 0.3) is 21.3 Å². The quantitative estimate of drug-likeness (QED) is 0.737. The average Bonchev–Trinajstić information content (AvgIpc) is 3.30. The number of thiophene rings is 1. The lowest BCUT2D eigenvalue weighted by Gasteiger charge is -2.14. The van der Waals surface area contributed by atoms with Crippen molar-refractivity contribution in [2.45, 2.75) is 20.3 Å². The van der Waals surface area contributed by atoms with E-state index >= 15 is 0 Å². The standard InChI is InChI=1S/C20H20N4O3S/c1-12-16(14-6-4-3-5-7-14)17-19(28-12)21-11-24(20(17)27)22-18(26)15-8-9-23(10-15)13(2)25/h3-7,11,15H,8-10H2,1-2H3,(H,22,26). The second-order valence-corrected chi connectivity index (χ2v) is 8.13. The summed E-state index contributed by atoms with van der Waals surface area (Å²) in [5, 5.41) is 0.508. The minimum absolute atomic E-state index is 0.0446. The molecule has 7 nitrogen and oxygen atoms in total. The van der Waals surface area contributed by atoms with Crippen molar-refractivity contribution in [1.82, 2.24) is 14.6 Å². The van der Waals surface area contributed by atoms with Crippen LogP contribution in [0.2, 0.25) is 0 Å². The number of carbonyl (C=O) groups excluding carboxylic acids is 2. The zero-order valence-corrected chi connectivity index (χ0v) is 16.5. The van der Waals surface area contributed by atoms with Crippen LogP contribution in [-0.4, -0.2) is 39.5 Å². The van der Waals surface area contributed by atoms with Gasteiger partial charge in [0.1, 0.15) is 11.2 Å². The molecule has 1 unspecified atom stereocenters. The van der Waals surface area contributed by atoms with Crippen molar-refractivity contribution >= 4 is 33.4 Å². The summed E-state index contributed by atoms with van der Waals surface area (Å²) in [6, 6.07) is 9.69. The molecule has 0 spiro atoms. The molecule has 0 bridgehead atoms. The van der Waals surface area contributed by atoms with E-state index in [2.05, 4.69) is 10.4 Å². The molecule has 1 aromatic carbocycles. The number of hydrogen-bond donors (Lipinski definition) is 1. The molecule has 1 fully saturated rings. The Kier molecular flexibility index (Phi) is 4.72. The maximum absolute atomic E-state index is 13.1. The fourth-order valence-corrected chi connectivity index (χ4v) is 4.61. The van der Waals surface area contributed by atoms with E-state index in [1.54, 1.807) is 4.90 Å². The third kappa shape index (κ3) is 3.20. The zero-order valence-electron chi connectivity index (χ0n) is 15.6. The van der Waals surface area contributed by atoms with Crippen molar-refractivity contribution in [1.29, 1.82) is 0 Å². The van der Waals surface area contributed by atoms with Crippen LogP contribution in [0.1, 0.15) is 18.2 Å². The molecule has 1 aliphatic heterocycles. The van der Waals surface area contributed by atoms with Gasteiger partial charge in [-0.1, -0.05) is 30.3 Å². The summed E-state index contributed by atoms with van der Waals surface area (Å²) in [5.74, 6) is -0.652. The number of hydrogen-bond acceptors (Lipinski definition) is 5. The molecule has 1 N–H and O–H groups in total. The van der Waals surface area contributed by atoms with Crippen LogP contribution in [0.4, 0.5) is 0 Å². The fraction of sp³-hybridized carbons (Fsp3) is 0.300. The molecule has 1 saturated heterocycles. The molecule has 0 saturated carbocycles. The van der Waals surface area contributed by atoms with Crippen molar-refractivity contribution in [2.24, 2.45) is 5.92 Å². The lowest BCUT2D eigenvalue weighted by molar-refractivity contribution is -0.128. The van der Waals surface area contributed by atoms with Gasteiger partial charge in [0.25, 0.3) is 5.56 Å². The Balaban J connectivity index is 1.68. The number of rotatable bonds is 3. The number of fused-ring (bicyclic) bond motifs is 1. The molecule has 8 heteroatoms. The summed E-state index contributed by atoms with van der Waals surface area (Å²) in [7, 11) is 0. The van der Waals surface area contributed by atoms with Crippen LogP contribution < -0.4 is 11.0 Å². The number of aromatic nitrogens is 2. The molecule has 1 atom stereocenters. The smallest absolute Gasteiger partial charge is 0.281 e. The summed E-state index contributed by atoms with van der Waals surface area (Å²) >= 11 is 1.46. The first kappa shape index (κ1) is 18.4. The first-order valence-electron chi connectivity index (χ1n) is 9.08. The monoisotopic (exact) mass is 396 g/mol. The Bertz CT molecular complexity index is 1120. The van der Waals surface area contributed by atoms with E-state index in [0.717, 1.165) is 20.7 Å². The third-order valence-electron chi connectivity index (χ3n) is 5.09. The van der Waals surface area contributed by atoms with E-state index in [4.69, 9.17) is 0 Å². The van der Waals surface area contributed by atoms with Crippen molar-refractivity contribution in [3.8, 4) is 11.1 Å². The van der Waals surface area contributed by atoms with Gasteiger partial charge in [-0.2, -0.15) is 0 Å². The van der Waals surface area contributed by atoms with E-state index in [9.17, 15) is 14.4 Å². The SMILES string of the molecule is CC(=O)N1CCC(C(=O)Nn2cnc3sc(C)c(-c4ccccc4)c3c2=O)C1. The van der Waals surface area contributed by atoms with E-state index in [0.29, 0.717) is 29.7 Å². The molecular formula is C20H20N4O3S. The van der Waals surface area contributed by atoms with Gasteiger partial charge in [-0.3, -0.25) is 19.8 Å². The number of likely N-dealkylation sites (tertiary alicyclic amines) is 1. The Morgan fingerprint density at radius 2 is 2.00 bits per heavy atom. The summed E-state index contributed by atoms with van der Waals surface area (Å²) < 4.78 is 1.15. The Morgan fingerprint density at radius 3 is 2.68 bits per heavy atom.